The third-order valence-corrected chi connectivity index (χ3v) is 5.28. The summed E-state index contributed by atoms with van der Waals surface area (Å²) >= 11 is 14.6. The zero-order valence-electron chi connectivity index (χ0n) is 12.1. The minimum Gasteiger partial charge on any atom is -0.317 e. The predicted octanol–water partition coefficient (Wildman–Crippen LogP) is 5.97. The van der Waals surface area contributed by atoms with E-state index in [9.17, 15) is 0 Å². The van der Waals surface area contributed by atoms with Crippen LogP contribution in [0.1, 0.15) is 40.8 Å². The number of aromatic nitrogens is 2. The van der Waals surface area contributed by atoms with Gasteiger partial charge in [0.05, 0.1) is 27.5 Å². The van der Waals surface area contributed by atoms with Gasteiger partial charge < -0.3 is 4.57 Å². The van der Waals surface area contributed by atoms with Crippen LogP contribution in [0.25, 0.3) is 11.0 Å². The van der Waals surface area contributed by atoms with Gasteiger partial charge in [-0.3, -0.25) is 0 Å². The number of rotatable bonds is 3. The van der Waals surface area contributed by atoms with Crippen molar-refractivity contribution in [2.75, 3.05) is 0 Å². The molecule has 0 aliphatic rings. The summed E-state index contributed by atoms with van der Waals surface area (Å²) in [4.78, 5) is 7.26. The number of aryl methyl sites for hydroxylation is 1. The normalized spacial score (nSPS) is 14.5. The number of fused-ring (bicyclic) bond motifs is 1. The minimum absolute atomic E-state index is 0.157. The fourth-order valence-corrected chi connectivity index (χ4v) is 3.94. The van der Waals surface area contributed by atoms with Gasteiger partial charge in [-0.25, -0.2) is 4.98 Å². The second-order valence-corrected chi connectivity index (χ2v) is 7.57. The van der Waals surface area contributed by atoms with E-state index in [0.717, 1.165) is 16.9 Å². The lowest BCUT2D eigenvalue weighted by Gasteiger charge is -2.18. The zero-order valence-corrected chi connectivity index (χ0v) is 14.4. The van der Waals surface area contributed by atoms with Crippen molar-refractivity contribution >= 4 is 45.6 Å². The Morgan fingerprint density at radius 2 is 1.95 bits per heavy atom. The maximum Gasteiger partial charge on any atom is 0.128 e. The van der Waals surface area contributed by atoms with E-state index in [0.29, 0.717) is 5.02 Å². The van der Waals surface area contributed by atoms with E-state index < -0.39 is 0 Å². The molecule has 0 aliphatic carbocycles. The molecule has 2 atom stereocenters. The standard InChI is InChI=1S/C16H16Cl2N2S/c1-9-7-8-14(21-9)11(3)20-15-12(18)5-4-6-13(15)19-16(20)10(2)17/h4-8,10-11H,1-3H3. The maximum absolute atomic E-state index is 6.42. The molecule has 1 aromatic carbocycles. The highest BCUT2D eigenvalue weighted by atomic mass is 35.5. The number of benzene rings is 1. The number of thiophene rings is 1. The van der Waals surface area contributed by atoms with Crippen LogP contribution in [0, 0.1) is 6.92 Å². The van der Waals surface area contributed by atoms with Crippen LogP contribution in [0.5, 0.6) is 0 Å². The summed E-state index contributed by atoms with van der Waals surface area (Å²) in [7, 11) is 0. The Morgan fingerprint density at radius 1 is 1.19 bits per heavy atom. The summed E-state index contributed by atoms with van der Waals surface area (Å²) in [6, 6.07) is 10.3. The summed E-state index contributed by atoms with van der Waals surface area (Å²) in [6.45, 7) is 6.23. The van der Waals surface area contributed by atoms with Crippen LogP contribution in [0.15, 0.2) is 30.3 Å². The van der Waals surface area contributed by atoms with Crippen molar-refractivity contribution in [1.29, 1.82) is 0 Å². The van der Waals surface area contributed by atoms with Crippen molar-refractivity contribution in [2.24, 2.45) is 0 Å². The van der Waals surface area contributed by atoms with Crippen LogP contribution in [0.3, 0.4) is 0 Å². The summed E-state index contributed by atoms with van der Waals surface area (Å²) < 4.78 is 2.17. The number of hydrogen-bond donors (Lipinski definition) is 0. The second kappa shape index (κ2) is 5.64. The quantitative estimate of drug-likeness (QED) is 0.538. The molecule has 3 aromatic rings. The van der Waals surface area contributed by atoms with Crippen molar-refractivity contribution in [3.05, 3.63) is 50.9 Å². The van der Waals surface area contributed by atoms with Gasteiger partial charge in [-0.15, -0.1) is 22.9 Å². The Morgan fingerprint density at radius 3 is 2.57 bits per heavy atom. The van der Waals surface area contributed by atoms with Gasteiger partial charge >= 0.3 is 0 Å². The van der Waals surface area contributed by atoms with Crippen LogP contribution in [-0.4, -0.2) is 9.55 Å². The van der Waals surface area contributed by atoms with Gasteiger partial charge in [-0.2, -0.15) is 0 Å². The molecule has 0 saturated carbocycles. The van der Waals surface area contributed by atoms with Crippen molar-refractivity contribution in [3.63, 3.8) is 0 Å². The Balaban J connectivity index is 2.26. The van der Waals surface area contributed by atoms with E-state index in [2.05, 4.69) is 35.5 Å². The van der Waals surface area contributed by atoms with Crippen molar-refractivity contribution in [1.82, 2.24) is 9.55 Å². The maximum atomic E-state index is 6.42. The molecule has 0 spiro atoms. The van der Waals surface area contributed by atoms with E-state index >= 15 is 0 Å². The molecule has 2 aromatic heterocycles. The molecule has 0 N–H and O–H groups in total. The molecule has 21 heavy (non-hydrogen) atoms. The topological polar surface area (TPSA) is 17.8 Å². The Labute approximate surface area is 138 Å². The molecule has 0 radical (unpaired) electrons. The Bertz CT molecular complexity index is 789. The highest BCUT2D eigenvalue weighted by Gasteiger charge is 2.22. The molecule has 0 amide bonds. The zero-order chi connectivity index (χ0) is 15.1. The van der Waals surface area contributed by atoms with Gasteiger partial charge in [-0.05, 0) is 45.0 Å². The fourth-order valence-electron chi connectivity index (χ4n) is 2.60. The van der Waals surface area contributed by atoms with Crippen LogP contribution < -0.4 is 0 Å². The van der Waals surface area contributed by atoms with Gasteiger partial charge in [0.25, 0.3) is 0 Å². The van der Waals surface area contributed by atoms with Gasteiger partial charge in [0.15, 0.2) is 0 Å². The molecule has 5 heteroatoms. The van der Waals surface area contributed by atoms with Crippen LogP contribution >= 0.6 is 34.5 Å². The molecule has 0 saturated heterocycles. The highest BCUT2D eigenvalue weighted by molar-refractivity contribution is 7.12. The lowest BCUT2D eigenvalue weighted by molar-refractivity contribution is 0.628. The van der Waals surface area contributed by atoms with E-state index in [1.54, 1.807) is 11.3 Å². The average Bonchev–Trinajstić information content (AvgIpc) is 3.02. The molecule has 2 heterocycles. The van der Waals surface area contributed by atoms with Crippen LogP contribution in [0.4, 0.5) is 0 Å². The molecule has 0 bridgehead atoms. The van der Waals surface area contributed by atoms with E-state index in [4.69, 9.17) is 23.2 Å². The van der Waals surface area contributed by atoms with Crippen molar-refractivity contribution in [3.8, 4) is 0 Å². The Kier molecular flexibility index (Phi) is 4.00. The summed E-state index contributed by atoms with van der Waals surface area (Å²) in [6.07, 6.45) is 0. The first-order chi connectivity index (χ1) is 9.99. The molecule has 2 nitrogen and oxygen atoms in total. The lowest BCUT2D eigenvalue weighted by Crippen LogP contribution is -2.10. The third kappa shape index (κ3) is 2.59. The predicted molar refractivity (Wildman–Crippen MR) is 91.9 cm³/mol. The second-order valence-electron chi connectivity index (χ2n) is 5.19. The van der Waals surface area contributed by atoms with E-state index in [1.807, 2.05) is 25.1 Å². The molecular formula is C16H16Cl2N2S. The smallest absolute Gasteiger partial charge is 0.128 e. The van der Waals surface area contributed by atoms with E-state index in [1.165, 1.54) is 9.75 Å². The molecule has 110 valence electrons. The van der Waals surface area contributed by atoms with Crippen molar-refractivity contribution < 1.29 is 0 Å². The van der Waals surface area contributed by atoms with Crippen molar-refractivity contribution in [2.45, 2.75) is 32.2 Å². The largest absolute Gasteiger partial charge is 0.317 e. The number of imidazole rings is 1. The highest BCUT2D eigenvalue weighted by Crippen LogP contribution is 2.36. The number of nitrogens with zero attached hydrogens (tertiary/aromatic N) is 2. The van der Waals surface area contributed by atoms with Gasteiger partial charge in [0.2, 0.25) is 0 Å². The van der Waals surface area contributed by atoms with E-state index in [-0.39, 0.29) is 11.4 Å². The molecular weight excluding hydrogens is 323 g/mol. The molecule has 3 rings (SSSR count). The summed E-state index contributed by atoms with van der Waals surface area (Å²) in [5.41, 5.74) is 1.85. The first-order valence-electron chi connectivity index (χ1n) is 6.85. The van der Waals surface area contributed by atoms with Crippen LogP contribution in [-0.2, 0) is 0 Å². The Hall–Kier alpha value is -1.03. The molecule has 0 aliphatic heterocycles. The first kappa shape index (κ1) is 14.9. The van der Waals surface area contributed by atoms with Gasteiger partial charge in [0.1, 0.15) is 5.82 Å². The number of halogens is 2. The van der Waals surface area contributed by atoms with Gasteiger partial charge in [0, 0.05) is 9.75 Å². The third-order valence-electron chi connectivity index (χ3n) is 3.60. The lowest BCUT2D eigenvalue weighted by atomic mass is 10.2. The summed E-state index contributed by atoms with van der Waals surface area (Å²) in [5.74, 6) is 0.860. The molecule has 2 unspecified atom stereocenters. The monoisotopic (exact) mass is 338 g/mol. The summed E-state index contributed by atoms with van der Waals surface area (Å²) in [5, 5.41) is 0.542. The molecule has 0 fully saturated rings. The number of alkyl halides is 1. The first-order valence-corrected chi connectivity index (χ1v) is 8.49. The fraction of sp³-hybridized carbons (Fsp3) is 0.312. The van der Waals surface area contributed by atoms with Crippen LogP contribution in [0.2, 0.25) is 5.02 Å². The number of para-hydroxylation sites is 1. The average molecular weight is 339 g/mol. The minimum atomic E-state index is -0.169. The SMILES string of the molecule is Cc1ccc(C(C)n2c(C(C)Cl)nc3cccc(Cl)c32)s1. The van der Waals surface area contributed by atoms with Gasteiger partial charge in [-0.1, -0.05) is 17.7 Å². The number of hydrogen-bond acceptors (Lipinski definition) is 2.